The van der Waals surface area contributed by atoms with Gasteiger partial charge in [-0.15, -0.1) is 11.3 Å². The summed E-state index contributed by atoms with van der Waals surface area (Å²) in [7, 11) is -6.72. The van der Waals surface area contributed by atoms with Gasteiger partial charge in [-0.05, 0) is 56.3 Å². The van der Waals surface area contributed by atoms with E-state index in [9.17, 15) is 17.8 Å². The van der Waals surface area contributed by atoms with Gasteiger partial charge in [0, 0.05) is 35.5 Å². The standard InChI is InChI=1S/C27H28N3O8PS2/c1-4-35-39(32,36-5-2)17-20-18-40-27(29-20)30-26(31)19-14-22(16-23(15-19)38-25-8-6-7-13-28-25)37-21-9-11-24(12-10-21)41(3,33)34/h6-16,18H,4-5,17H2,1-3H3,(H,29,30,31). The van der Waals surface area contributed by atoms with Crippen molar-refractivity contribution in [2.45, 2.75) is 24.9 Å². The number of carbonyl (C=O) groups excluding carboxylic acids is 1. The van der Waals surface area contributed by atoms with Crippen molar-refractivity contribution >= 4 is 39.8 Å². The fourth-order valence-electron chi connectivity index (χ4n) is 3.57. The van der Waals surface area contributed by atoms with Gasteiger partial charge in [0.25, 0.3) is 5.91 Å². The number of ether oxygens (including phenoxy) is 2. The lowest BCUT2D eigenvalue weighted by Gasteiger charge is -2.15. The van der Waals surface area contributed by atoms with Crippen molar-refractivity contribution in [2.75, 3.05) is 24.8 Å². The molecule has 0 saturated carbocycles. The summed E-state index contributed by atoms with van der Waals surface area (Å²) >= 11 is 1.17. The van der Waals surface area contributed by atoms with Gasteiger partial charge in [0.2, 0.25) is 5.88 Å². The zero-order valence-corrected chi connectivity index (χ0v) is 25.0. The molecule has 0 aliphatic rings. The smallest absolute Gasteiger partial charge is 0.336 e. The molecule has 1 N–H and O–H groups in total. The summed E-state index contributed by atoms with van der Waals surface area (Å²) in [6.45, 7) is 3.92. The third kappa shape index (κ3) is 8.69. The van der Waals surface area contributed by atoms with E-state index < -0.39 is 23.3 Å². The molecule has 0 radical (unpaired) electrons. The molecule has 41 heavy (non-hydrogen) atoms. The van der Waals surface area contributed by atoms with E-state index in [0.717, 1.165) is 6.26 Å². The summed E-state index contributed by atoms with van der Waals surface area (Å²) in [5, 5.41) is 4.71. The average Bonchev–Trinajstić information content (AvgIpc) is 3.35. The first-order valence-corrected chi connectivity index (χ1v) is 16.9. The fourth-order valence-corrected chi connectivity index (χ4v) is 6.63. The molecule has 0 aliphatic heterocycles. The zero-order chi connectivity index (χ0) is 29.5. The molecule has 0 atom stereocenters. The summed E-state index contributed by atoms with van der Waals surface area (Å²) in [5.41, 5.74) is 0.663. The molecule has 4 aromatic rings. The van der Waals surface area contributed by atoms with Crippen molar-refractivity contribution in [1.29, 1.82) is 0 Å². The average molecular weight is 618 g/mol. The molecule has 1 amide bonds. The van der Waals surface area contributed by atoms with Crippen LogP contribution in [0.2, 0.25) is 0 Å². The zero-order valence-electron chi connectivity index (χ0n) is 22.5. The normalized spacial score (nSPS) is 11.7. The van der Waals surface area contributed by atoms with Gasteiger partial charge in [-0.1, -0.05) is 6.07 Å². The first-order chi connectivity index (χ1) is 19.6. The lowest BCUT2D eigenvalue weighted by atomic mass is 10.2. The fraction of sp³-hybridized carbons (Fsp3) is 0.222. The van der Waals surface area contributed by atoms with Gasteiger partial charge in [-0.25, -0.2) is 18.4 Å². The summed E-state index contributed by atoms with van der Waals surface area (Å²) in [6, 6.07) is 15.7. The largest absolute Gasteiger partial charge is 0.457 e. The first-order valence-electron chi connectivity index (χ1n) is 12.4. The minimum Gasteiger partial charge on any atom is -0.457 e. The SMILES string of the molecule is CCOP(=O)(Cc1csc(NC(=O)c2cc(Oc3ccc(S(C)(=O)=O)cc3)cc(Oc3ccccn3)c2)n1)OCC. The van der Waals surface area contributed by atoms with E-state index in [1.807, 2.05) is 0 Å². The number of amides is 1. The topological polar surface area (TPSA) is 143 Å². The van der Waals surface area contributed by atoms with Crippen LogP contribution in [0.25, 0.3) is 0 Å². The van der Waals surface area contributed by atoms with Gasteiger partial charge in [0.05, 0.1) is 30.0 Å². The number of hydrogen-bond donors (Lipinski definition) is 1. The van der Waals surface area contributed by atoms with Crippen LogP contribution in [0.3, 0.4) is 0 Å². The van der Waals surface area contributed by atoms with Crippen LogP contribution in [0.4, 0.5) is 5.13 Å². The Labute approximate surface area is 241 Å². The molecule has 0 unspecified atom stereocenters. The Morgan fingerprint density at radius 2 is 1.63 bits per heavy atom. The maximum absolute atomic E-state index is 13.2. The number of nitrogens with one attached hydrogen (secondary N) is 1. The van der Waals surface area contributed by atoms with Crippen LogP contribution in [0, 0.1) is 0 Å². The van der Waals surface area contributed by atoms with Gasteiger partial charge in [-0.3, -0.25) is 14.7 Å². The van der Waals surface area contributed by atoms with Crippen LogP contribution < -0.4 is 14.8 Å². The predicted molar refractivity (Wildman–Crippen MR) is 155 cm³/mol. The van der Waals surface area contributed by atoms with Crippen LogP contribution in [0.15, 0.2) is 77.1 Å². The molecular weight excluding hydrogens is 589 g/mol. The molecule has 2 heterocycles. The number of sulfone groups is 1. The van der Waals surface area contributed by atoms with Gasteiger partial charge in [0.15, 0.2) is 15.0 Å². The summed E-state index contributed by atoms with van der Waals surface area (Å²) in [6.07, 6.45) is 2.67. The third-order valence-corrected chi connectivity index (χ3v) is 9.22. The van der Waals surface area contributed by atoms with E-state index >= 15 is 0 Å². The Morgan fingerprint density at radius 1 is 0.951 bits per heavy atom. The number of nitrogens with zero attached hydrogens (tertiary/aromatic N) is 2. The van der Waals surface area contributed by atoms with Crippen LogP contribution in [0.5, 0.6) is 23.1 Å². The highest BCUT2D eigenvalue weighted by Crippen LogP contribution is 2.51. The summed E-state index contributed by atoms with van der Waals surface area (Å²) in [4.78, 5) is 21.9. The van der Waals surface area contributed by atoms with Crippen molar-refractivity contribution in [3.05, 3.63) is 83.5 Å². The van der Waals surface area contributed by atoms with Crippen molar-refractivity contribution in [1.82, 2.24) is 9.97 Å². The van der Waals surface area contributed by atoms with Crippen molar-refractivity contribution < 1.29 is 36.3 Å². The van der Waals surface area contributed by atoms with Crippen LogP contribution in [0.1, 0.15) is 29.9 Å². The van der Waals surface area contributed by atoms with E-state index in [4.69, 9.17) is 18.5 Å². The number of hydrogen-bond acceptors (Lipinski definition) is 11. The molecule has 0 spiro atoms. The number of aromatic nitrogens is 2. The van der Waals surface area contributed by atoms with E-state index in [-0.39, 0.29) is 41.3 Å². The van der Waals surface area contributed by atoms with E-state index in [0.29, 0.717) is 22.5 Å². The quantitative estimate of drug-likeness (QED) is 0.164. The lowest BCUT2D eigenvalue weighted by molar-refractivity contribution is 0.102. The molecule has 0 saturated heterocycles. The van der Waals surface area contributed by atoms with Gasteiger partial charge < -0.3 is 18.5 Å². The Kier molecular flexibility index (Phi) is 9.90. The molecule has 4 rings (SSSR count). The van der Waals surface area contributed by atoms with Crippen LogP contribution in [-0.2, 0) is 29.6 Å². The van der Waals surface area contributed by atoms with Gasteiger partial charge >= 0.3 is 7.60 Å². The monoisotopic (exact) mass is 617 g/mol. The Bertz CT molecular complexity index is 1630. The first kappa shape index (κ1) is 30.4. The van der Waals surface area contributed by atoms with Crippen molar-refractivity contribution in [3.8, 4) is 23.1 Å². The number of pyridine rings is 1. The molecule has 2 aromatic carbocycles. The number of carbonyl (C=O) groups is 1. The van der Waals surface area contributed by atoms with Crippen molar-refractivity contribution in [3.63, 3.8) is 0 Å². The summed E-state index contributed by atoms with van der Waals surface area (Å²) in [5.74, 6) is 0.730. The third-order valence-electron chi connectivity index (χ3n) is 5.27. The molecule has 0 aliphatic carbocycles. The number of benzene rings is 2. The predicted octanol–water partition coefficient (Wildman–Crippen LogP) is 6.54. The lowest BCUT2D eigenvalue weighted by Crippen LogP contribution is -2.12. The minimum absolute atomic E-state index is 0.0233. The second kappa shape index (κ2) is 13.4. The molecule has 0 bridgehead atoms. The minimum atomic E-state index is -3.37. The van der Waals surface area contributed by atoms with Crippen LogP contribution >= 0.6 is 18.9 Å². The van der Waals surface area contributed by atoms with Gasteiger partial charge in [-0.2, -0.15) is 0 Å². The summed E-state index contributed by atoms with van der Waals surface area (Å²) < 4.78 is 58.8. The molecule has 0 fully saturated rings. The van der Waals surface area contributed by atoms with Crippen LogP contribution in [-0.4, -0.2) is 43.8 Å². The maximum atomic E-state index is 13.2. The molecule has 2 aromatic heterocycles. The highest BCUT2D eigenvalue weighted by Gasteiger charge is 2.26. The molecular formula is C27H28N3O8PS2. The van der Waals surface area contributed by atoms with E-state index in [1.54, 1.807) is 49.7 Å². The highest BCUT2D eigenvalue weighted by atomic mass is 32.2. The maximum Gasteiger partial charge on any atom is 0.336 e. The number of rotatable bonds is 13. The molecule has 216 valence electrons. The molecule has 11 nitrogen and oxygen atoms in total. The van der Waals surface area contributed by atoms with Crippen molar-refractivity contribution in [2.24, 2.45) is 0 Å². The van der Waals surface area contributed by atoms with Gasteiger partial charge in [0.1, 0.15) is 17.2 Å². The second-order valence-electron chi connectivity index (χ2n) is 8.51. The Balaban J connectivity index is 1.56. The Morgan fingerprint density at radius 3 is 2.24 bits per heavy atom. The highest BCUT2D eigenvalue weighted by molar-refractivity contribution is 7.90. The number of thiazole rings is 1. The Hall–Kier alpha value is -3.61. The van der Waals surface area contributed by atoms with E-state index in [1.165, 1.54) is 47.7 Å². The molecule has 14 heteroatoms. The van der Waals surface area contributed by atoms with E-state index in [2.05, 4.69) is 15.3 Å². The second-order valence-corrected chi connectivity index (χ2v) is 13.4. The number of anilines is 1.